The van der Waals surface area contributed by atoms with Crippen molar-refractivity contribution in [2.45, 2.75) is 45.4 Å². The van der Waals surface area contributed by atoms with Crippen molar-refractivity contribution in [1.29, 1.82) is 5.26 Å². The molecule has 0 aromatic carbocycles. The minimum Gasteiger partial charge on any atom is -0.492 e. The zero-order chi connectivity index (χ0) is 24.1. The van der Waals surface area contributed by atoms with E-state index < -0.39 is 0 Å². The van der Waals surface area contributed by atoms with Crippen molar-refractivity contribution in [1.82, 2.24) is 14.6 Å². The van der Waals surface area contributed by atoms with Gasteiger partial charge in [-0.3, -0.25) is 0 Å². The lowest BCUT2D eigenvalue weighted by Crippen LogP contribution is -2.52. The topological polar surface area (TPSA) is 111 Å². The van der Waals surface area contributed by atoms with E-state index in [1.165, 1.54) is 0 Å². The van der Waals surface area contributed by atoms with Crippen molar-refractivity contribution < 1.29 is 14.2 Å². The second-order valence-corrected chi connectivity index (χ2v) is 8.62. The van der Waals surface area contributed by atoms with Gasteiger partial charge in [-0.1, -0.05) is 0 Å². The summed E-state index contributed by atoms with van der Waals surface area (Å²) in [4.78, 5) is 6.90. The Balaban J connectivity index is 1.48. The third-order valence-corrected chi connectivity index (χ3v) is 5.86. The highest BCUT2D eigenvalue weighted by molar-refractivity contribution is 5.85. The Bertz CT molecular complexity index is 1140. The smallest absolute Gasteiger partial charge is 0.138 e. The highest BCUT2D eigenvalue weighted by atomic mass is 16.5. The first-order chi connectivity index (χ1) is 16.5. The lowest BCUT2D eigenvalue weighted by atomic mass is 10.0. The molecule has 34 heavy (non-hydrogen) atoms. The van der Waals surface area contributed by atoms with E-state index in [9.17, 15) is 5.26 Å². The largest absolute Gasteiger partial charge is 0.492 e. The molecule has 0 amide bonds. The van der Waals surface area contributed by atoms with E-state index in [0.29, 0.717) is 37.7 Å². The second-order valence-electron chi connectivity index (χ2n) is 8.62. The molecule has 3 aromatic heterocycles. The average Bonchev–Trinajstić information content (AvgIpc) is 3.25. The predicted molar refractivity (Wildman–Crippen MR) is 130 cm³/mol. The highest BCUT2D eigenvalue weighted by Gasteiger charge is 2.28. The maximum Gasteiger partial charge on any atom is 0.138 e. The fourth-order valence-electron chi connectivity index (χ4n) is 4.24. The van der Waals surface area contributed by atoms with Crippen LogP contribution in [0.5, 0.6) is 5.75 Å². The third-order valence-electron chi connectivity index (χ3n) is 5.86. The molecule has 2 atom stereocenters. The number of rotatable bonds is 9. The summed E-state index contributed by atoms with van der Waals surface area (Å²) in [7, 11) is 0. The first-order valence-electron chi connectivity index (χ1n) is 11.7. The molecule has 0 radical (unpaired) electrons. The molecule has 4 heterocycles. The van der Waals surface area contributed by atoms with Crippen molar-refractivity contribution in [3.8, 4) is 22.9 Å². The number of hydrogen-bond acceptors (Lipinski definition) is 8. The Labute approximate surface area is 200 Å². The Morgan fingerprint density at radius 2 is 2.12 bits per heavy atom. The number of aromatic nitrogens is 3. The summed E-state index contributed by atoms with van der Waals surface area (Å²) in [5.74, 6) is 1.56. The van der Waals surface area contributed by atoms with E-state index >= 15 is 0 Å². The quantitative estimate of drug-likeness (QED) is 0.481. The molecule has 2 N–H and O–H groups in total. The van der Waals surface area contributed by atoms with Gasteiger partial charge in [0.1, 0.15) is 17.6 Å². The predicted octanol–water partition coefficient (Wildman–Crippen LogP) is 3.01. The molecule has 1 aliphatic rings. The fraction of sp³-hybridized carbons (Fsp3) is 0.480. The molecule has 1 unspecified atom stereocenters. The molecule has 1 aliphatic heterocycles. The minimum absolute atomic E-state index is 0.0205. The van der Waals surface area contributed by atoms with E-state index in [4.69, 9.17) is 24.9 Å². The summed E-state index contributed by atoms with van der Waals surface area (Å²) in [6.07, 6.45) is 6.24. The summed E-state index contributed by atoms with van der Waals surface area (Å²) in [6, 6.07) is 8.06. The Morgan fingerprint density at radius 1 is 1.26 bits per heavy atom. The highest BCUT2D eigenvalue weighted by Crippen LogP contribution is 2.31. The van der Waals surface area contributed by atoms with Gasteiger partial charge < -0.3 is 24.8 Å². The van der Waals surface area contributed by atoms with Crippen molar-refractivity contribution in [2.24, 2.45) is 5.73 Å². The molecule has 3 aromatic rings. The molecular weight excluding hydrogens is 432 g/mol. The maximum absolute atomic E-state index is 9.54. The average molecular weight is 465 g/mol. The number of pyridine rings is 2. The van der Waals surface area contributed by atoms with E-state index in [0.717, 1.165) is 35.4 Å². The molecule has 9 heteroatoms. The van der Waals surface area contributed by atoms with Gasteiger partial charge in [0, 0.05) is 36.5 Å². The number of nitrogens with two attached hydrogens (primary N) is 1. The van der Waals surface area contributed by atoms with Crippen LogP contribution in [0.25, 0.3) is 16.6 Å². The van der Waals surface area contributed by atoms with Crippen molar-refractivity contribution >= 4 is 11.3 Å². The van der Waals surface area contributed by atoms with Gasteiger partial charge in [0.2, 0.25) is 0 Å². The lowest BCUT2D eigenvalue weighted by molar-refractivity contribution is -0.0260. The van der Waals surface area contributed by atoms with Crippen LogP contribution in [0.3, 0.4) is 0 Å². The summed E-state index contributed by atoms with van der Waals surface area (Å²) < 4.78 is 18.9. The lowest BCUT2D eigenvalue weighted by Gasteiger charge is -2.37. The molecule has 0 saturated carbocycles. The summed E-state index contributed by atoms with van der Waals surface area (Å²) in [5, 5.41) is 13.8. The number of anilines is 1. The van der Waals surface area contributed by atoms with Crippen LogP contribution >= 0.6 is 0 Å². The van der Waals surface area contributed by atoms with Crippen LogP contribution in [0.4, 0.5) is 5.82 Å². The zero-order valence-electron chi connectivity index (χ0n) is 20.0. The molecule has 0 spiro atoms. The number of nitrogens with zero attached hydrogens (tertiary/aromatic N) is 5. The Hall–Kier alpha value is -3.19. The van der Waals surface area contributed by atoms with Crippen LogP contribution in [0.15, 0.2) is 36.8 Å². The second kappa shape index (κ2) is 10.8. The van der Waals surface area contributed by atoms with Crippen molar-refractivity contribution in [2.75, 3.05) is 37.8 Å². The van der Waals surface area contributed by atoms with Crippen LogP contribution in [-0.4, -0.2) is 65.8 Å². The molecule has 1 fully saturated rings. The molecule has 180 valence electrons. The van der Waals surface area contributed by atoms with Crippen LogP contribution in [0.2, 0.25) is 0 Å². The maximum atomic E-state index is 9.54. The number of nitriles is 1. The van der Waals surface area contributed by atoms with E-state index in [2.05, 4.69) is 16.1 Å². The van der Waals surface area contributed by atoms with Crippen LogP contribution in [0.1, 0.15) is 32.8 Å². The van der Waals surface area contributed by atoms with Gasteiger partial charge in [0.15, 0.2) is 0 Å². The van der Waals surface area contributed by atoms with Gasteiger partial charge in [-0.2, -0.15) is 10.4 Å². The summed E-state index contributed by atoms with van der Waals surface area (Å²) in [5.41, 5.74) is 9.40. The van der Waals surface area contributed by atoms with Crippen molar-refractivity contribution in [3.05, 3.63) is 42.4 Å². The van der Waals surface area contributed by atoms with Crippen LogP contribution < -0.4 is 15.4 Å². The van der Waals surface area contributed by atoms with Crippen LogP contribution in [0, 0.1) is 11.3 Å². The number of fused-ring (bicyclic) bond motifs is 1. The number of hydrogen-bond donors (Lipinski definition) is 1. The first-order valence-corrected chi connectivity index (χ1v) is 11.7. The zero-order valence-corrected chi connectivity index (χ0v) is 20.0. The normalized spacial score (nSPS) is 18.4. The SMILES string of the molecule is CCOc1cc(-c2ccc(N3CCC(OCCOC(C)C)[C@H](N)C3)nc2)c2c(C#N)cnn2c1. The van der Waals surface area contributed by atoms with Gasteiger partial charge >= 0.3 is 0 Å². The van der Waals surface area contributed by atoms with Gasteiger partial charge in [0.25, 0.3) is 0 Å². The Morgan fingerprint density at radius 3 is 2.79 bits per heavy atom. The standard InChI is InChI=1S/C25H32N6O3/c1-4-32-20-11-21(25-19(12-26)14-29-31(25)15-20)18-5-6-24(28-13-18)30-8-7-23(22(27)16-30)34-10-9-33-17(2)3/h5-6,11,13-15,17,22-23H,4,7-10,16,27H2,1-3H3/t22-,23?/m1/s1. The molecule has 0 aliphatic carbocycles. The molecule has 9 nitrogen and oxygen atoms in total. The first kappa shape index (κ1) is 24.0. The molecule has 4 rings (SSSR count). The monoisotopic (exact) mass is 464 g/mol. The molecule has 1 saturated heterocycles. The van der Waals surface area contributed by atoms with Gasteiger partial charge in [-0.15, -0.1) is 0 Å². The van der Waals surface area contributed by atoms with Gasteiger partial charge in [-0.25, -0.2) is 9.50 Å². The molecule has 0 bridgehead atoms. The van der Waals surface area contributed by atoms with Gasteiger partial charge in [0.05, 0.1) is 55.5 Å². The molecular formula is C25H32N6O3. The summed E-state index contributed by atoms with van der Waals surface area (Å²) >= 11 is 0. The fourth-order valence-corrected chi connectivity index (χ4v) is 4.24. The number of ether oxygens (including phenoxy) is 3. The van der Waals surface area contributed by atoms with E-state index in [1.807, 2.05) is 45.2 Å². The van der Waals surface area contributed by atoms with Gasteiger partial charge in [-0.05, 0) is 45.4 Å². The minimum atomic E-state index is -0.0956. The summed E-state index contributed by atoms with van der Waals surface area (Å²) in [6.45, 7) is 9.13. The van der Waals surface area contributed by atoms with Crippen LogP contribution in [-0.2, 0) is 9.47 Å². The van der Waals surface area contributed by atoms with Crippen molar-refractivity contribution in [3.63, 3.8) is 0 Å². The number of piperidine rings is 1. The van der Waals surface area contributed by atoms with E-state index in [-0.39, 0.29) is 18.2 Å². The Kier molecular flexibility index (Phi) is 7.63. The third kappa shape index (κ3) is 5.30. The van der Waals surface area contributed by atoms with E-state index in [1.54, 1.807) is 16.9 Å².